The predicted molar refractivity (Wildman–Crippen MR) is 80.1 cm³/mol. The van der Waals surface area contributed by atoms with Crippen LogP contribution < -0.4 is 4.90 Å². The highest BCUT2D eigenvalue weighted by Crippen LogP contribution is 2.20. The Kier molecular flexibility index (Phi) is 5.33. The van der Waals surface area contributed by atoms with Crippen molar-refractivity contribution in [3.63, 3.8) is 0 Å². The first-order valence-electron chi connectivity index (χ1n) is 7.24. The van der Waals surface area contributed by atoms with Crippen molar-refractivity contribution in [3.8, 4) is 0 Å². The number of benzene rings is 1. The number of hydrogen-bond acceptors (Lipinski definition) is 4. The van der Waals surface area contributed by atoms with E-state index in [1.54, 1.807) is 12.1 Å². The van der Waals surface area contributed by atoms with E-state index in [1.807, 2.05) is 12.1 Å². The van der Waals surface area contributed by atoms with E-state index in [-0.39, 0.29) is 0 Å². The molecule has 4 nitrogen and oxygen atoms in total. The number of nitroso groups, excluding NO2 is 1. The molecule has 1 fully saturated rings. The fourth-order valence-corrected chi connectivity index (χ4v) is 2.54. The second-order valence-corrected chi connectivity index (χ2v) is 5.14. The normalized spacial score (nSPS) is 16.6. The molecule has 0 radical (unpaired) electrons. The molecule has 1 heterocycles. The second-order valence-electron chi connectivity index (χ2n) is 5.14. The second kappa shape index (κ2) is 7.24. The summed E-state index contributed by atoms with van der Waals surface area (Å²) in [5, 5.41) is 2.93. The van der Waals surface area contributed by atoms with E-state index in [1.165, 1.54) is 31.5 Å². The highest BCUT2D eigenvalue weighted by atomic mass is 16.3. The minimum absolute atomic E-state index is 0.502. The first kappa shape index (κ1) is 14.0. The summed E-state index contributed by atoms with van der Waals surface area (Å²) in [6, 6.07) is 7.55. The van der Waals surface area contributed by atoms with Gasteiger partial charge in [0.2, 0.25) is 0 Å². The van der Waals surface area contributed by atoms with Gasteiger partial charge in [-0.3, -0.25) is 4.90 Å². The van der Waals surface area contributed by atoms with Crippen LogP contribution in [0.1, 0.15) is 26.2 Å². The summed E-state index contributed by atoms with van der Waals surface area (Å²) in [6.45, 7) is 7.89. The molecule has 104 valence electrons. The molecule has 4 heteroatoms. The van der Waals surface area contributed by atoms with Gasteiger partial charge in [-0.2, -0.15) is 0 Å². The zero-order valence-corrected chi connectivity index (χ0v) is 11.7. The SMILES string of the molecule is CCCCCN1CCN(c2ccc(N=O)cc2)CC1. The molecule has 0 spiro atoms. The third-order valence-electron chi connectivity index (χ3n) is 3.77. The monoisotopic (exact) mass is 261 g/mol. The van der Waals surface area contributed by atoms with Gasteiger partial charge in [0.15, 0.2) is 0 Å². The molecular formula is C15H23N3O. The van der Waals surface area contributed by atoms with Crippen LogP contribution >= 0.6 is 0 Å². The fraction of sp³-hybridized carbons (Fsp3) is 0.600. The zero-order chi connectivity index (χ0) is 13.5. The summed E-state index contributed by atoms with van der Waals surface area (Å²) in [4.78, 5) is 15.3. The minimum atomic E-state index is 0.502. The molecular weight excluding hydrogens is 238 g/mol. The first-order chi connectivity index (χ1) is 9.33. The Hall–Kier alpha value is -1.42. The number of rotatable bonds is 6. The molecule has 0 saturated carbocycles. The van der Waals surface area contributed by atoms with Crippen LogP contribution in [-0.4, -0.2) is 37.6 Å². The first-order valence-corrected chi connectivity index (χ1v) is 7.24. The molecule has 0 bridgehead atoms. The van der Waals surface area contributed by atoms with E-state index in [9.17, 15) is 4.91 Å². The van der Waals surface area contributed by atoms with E-state index < -0.39 is 0 Å². The van der Waals surface area contributed by atoms with Gasteiger partial charge in [0.05, 0.1) is 0 Å². The maximum atomic E-state index is 10.4. The van der Waals surface area contributed by atoms with Crippen molar-refractivity contribution < 1.29 is 0 Å². The van der Waals surface area contributed by atoms with Crippen molar-refractivity contribution in [2.45, 2.75) is 26.2 Å². The molecule has 0 amide bonds. The van der Waals surface area contributed by atoms with E-state index in [0.717, 1.165) is 26.2 Å². The third-order valence-corrected chi connectivity index (χ3v) is 3.77. The quantitative estimate of drug-likeness (QED) is 0.581. The van der Waals surface area contributed by atoms with Gasteiger partial charge in [0.1, 0.15) is 5.69 Å². The Balaban J connectivity index is 1.80. The average molecular weight is 261 g/mol. The summed E-state index contributed by atoms with van der Waals surface area (Å²) in [5.41, 5.74) is 1.70. The smallest absolute Gasteiger partial charge is 0.108 e. The highest BCUT2D eigenvalue weighted by molar-refractivity contribution is 5.53. The summed E-state index contributed by atoms with van der Waals surface area (Å²) >= 11 is 0. The van der Waals surface area contributed by atoms with Gasteiger partial charge in [-0.05, 0) is 42.4 Å². The van der Waals surface area contributed by atoms with Gasteiger partial charge in [0.25, 0.3) is 0 Å². The van der Waals surface area contributed by atoms with Crippen LogP contribution in [0.3, 0.4) is 0 Å². The molecule has 2 rings (SSSR count). The Morgan fingerprint density at radius 1 is 1.05 bits per heavy atom. The van der Waals surface area contributed by atoms with Crippen LogP contribution in [0.2, 0.25) is 0 Å². The molecule has 0 atom stereocenters. The van der Waals surface area contributed by atoms with Gasteiger partial charge in [-0.1, -0.05) is 19.8 Å². The highest BCUT2D eigenvalue weighted by Gasteiger charge is 2.16. The summed E-state index contributed by atoms with van der Waals surface area (Å²) in [6.07, 6.45) is 3.94. The minimum Gasteiger partial charge on any atom is -0.369 e. The van der Waals surface area contributed by atoms with Crippen molar-refractivity contribution >= 4 is 11.4 Å². The Labute approximate surface area is 115 Å². The lowest BCUT2D eigenvalue weighted by atomic mass is 10.2. The lowest BCUT2D eigenvalue weighted by Gasteiger charge is -2.36. The molecule has 19 heavy (non-hydrogen) atoms. The Morgan fingerprint density at radius 2 is 1.74 bits per heavy atom. The van der Waals surface area contributed by atoms with Crippen LogP contribution in [-0.2, 0) is 0 Å². The van der Waals surface area contributed by atoms with Crippen LogP contribution in [0.25, 0.3) is 0 Å². The largest absolute Gasteiger partial charge is 0.369 e. The van der Waals surface area contributed by atoms with Crippen molar-refractivity contribution in [3.05, 3.63) is 29.2 Å². The Morgan fingerprint density at radius 3 is 2.32 bits per heavy atom. The standard InChI is InChI=1S/C15H23N3O/c1-2-3-4-9-17-10-12-18(13-11-17)15-7-5-14(16-19)6-8-15/h5-8H,2-4,9-13H2,1H3. The van der Waals surface area contributed by atoms with Crippen molar-refractivity contribution in [2.75, 3.05) is 37.6 Å². The van der Waals surface area contributed by atoms with Gasteiger partial charge in [-0.15, -0.1) is 4.91 Å². The molecule has 0 aliphatic carbocycles. The number of piperazine rings is 1. The van der Waals surface area contributed by atoms with Gasteiger partial charge < -0.3 is 4.90 Å². The lowest BCUT2D eigenvalue weighted by molar-refractivity contribution is 0.252. The molecule has 0 unspecified atom stereocenters. The van der Waals surface area contributed by atoms with Crippen molar-refractivity contribution in [1.82, 2.24) is 4.90 Å². The fourth-order valence-electron chi connectivity index (χ4n) is 2.54. The topological polar surface area (TPSA) is 35.9 Å². The van der Waals surface area contributed by atoms with Gasteiger partial charge >= 0.3 is 0 Å². The van der Waals surface area contributed by atoms with E-state index in [2.05, 4.69) is 21.9 Å². The van der Waals surface area contributed by atoms with E-state index in [4.69, 9.17) is 0 Å². The van der Waals surface area contributed by atoms with Crippen LogP contribution in [0, 0.1) is 4.91 Å². The molecule has 1 aliphatic rings. The van der Waals surface area contributed by atoms with Gasteiger partial charge in [-0.25, -0.2) is 0 Å². The third kappa shape index (κ3) is 4.03. The average Bonchev–Trinajstić information content (AvgIpc) is 2.48. The molecule has 1 saturated heterocycles. The van der Waals surface area contributed by atoms with Crippen LogP contribution in [0.15, 0.2) is 29.4 Å². The predicted octanol–water partition coefficient (Wildman–Crippen LogP) is 3.40. The summed E-state index contributed by atoms with van der Waals surface area (Å²) in [5.74, 6) is 0. The lowest BCUT2D eigenvalue weighted by Crippen LogP contribution is -2.46. The number of unbranched alkanes of at least 4 members (excludes halogenated alkanes) is 2. The van der Waals surface area contributed by atoms with Crippen LogP contribution in [0.4, 0.5) is 11.4 Å². The number of hydrogen-bond donors (Lipinski definition) is 0. The zero-order valence-electron chi connectivity index (χ0n) is 11.7. The van der Waals surface area contributed by atoms with Crippen molar-refractivity contribution in [1.29, 1.82) is 0 Å². The molecule has 1 aromatic rings. The van der Waals surface area contributed by atoms with Crippen LogP contribution in [0.5, 0.6) is 0 Å². The van der Waals surface area contributed by atoms with E-state index >= 15 is 0 Å². The van der Waals surface area contributed by atoms with E-state index in [0.29, 0.717) is 5.69 Å². The number of anilines is 1. The number of nitrogens with zero attached hydrogens (tertiary/aromatic N) is 3. The van der Waals surface area contributed by atoms with Crippen molar-refractivity contribution in [2.24, 2.45) is 5.18 Å². The molecule has 1 aromatic carbocycles. The maximum absolute atomic E-state index is 10.4. The molecule has 1 aliphatic heterocycles. The summed E-state index contributed by atoms with van der Waals surface area (Å²) < 4.78 is 0. The summed E-state index contributed by atoms with van der Waals surface area (Å²) in [7, 11) is 0. The Bertz CT molecular complexity index is 383. The molecule has 0 N–H and O–H groups in total. The van der Waals surface area contributed by atoms with Gasteiger partial charge in [0, 0.05) is 31.9 Å². The maximum Gasteiger partial charge on any atom is 0.108 e. The molecule has 0 aromatic heterocycles.